The van der Waals surface area contributed by atoms with Gasteiger partial charge in [-0.15, -0.1) is 0 Å². The van der Waals surface area contributed by atoms with Gasteiger partial charge in [0.2, 0.25) is 0 Å². The van der Waals surface area contributed by atoms with Gasteiger partial charge in [-0.05, 0) is 20.4 Å². The highest BCUT2D eigenvalue weighted by Gasteiger charge is 2.04. The minimum atomic E-state index is 0.377. The minimum Gasteiger partial charge on any atom is -0.403 e. The van der Waals surface area contributed by atoms with E-state index >= 15 is 0 Å². The van der Waals surface area contributed by atoms with Gasteiger partial charge in [0, 0.05) is 12.2 Å². The molecule has 5 nitrogen and oxygen atoms in total. The lowest BCUT2D eigenvalue weighted by Gasteiger charge is -2.13. The van der Waals surface area contributed by atoms with Crippen molar-refractivity contribution in [3.05, 3.63) is 11.9 Å². The lowest BCUT2D eigenvalue weighted by molar-refractivity contribution is 0.207. The lowest BCUT2D eigenvalue weighted by Crippen LogP contribution is -2.29. The van der Waals surface area contributed by atoms with Gasteiger partial charge < -0.3 is 11.1 Å². The number of hydroxylamine groups is 1. The average molecular weight is 214 g/mol. The van der Waals surface area contributed by atoms with Crippen LogP contribution in [-0.4, -0.2) is 30.6 Å². The van der Waals surface area contributed by atoms with Crippen molar-refractivity contribution < 1.29 is 5.21 Å². The number of allylic oxidation sites excluding steroid dienone is 1. The molecule has 0 aliphatic rings. The number of nitrogens with two attached hydrogens (primary N) is 1. The quantitative estimate of drug-likeness (QED) is 0.370. The fourth-order valence-electron chi connectivity index (χ4n) is 1.25. The van der Waals surface area contributed by atoms with Crippen LogP contribution in [0.1, 0.15) is 26.7 Å². The van der Waals surface area contributed by atoms with Crippen molar-refractivity contribution >= 4 is 5.71 Å². The van der Waals surface area contributed by atoms with Crippen molar-refractivity contribution in [1.29, 1.82) is 0 Å². The Labute approximate surface area is 91.4 Å². The summed E-state index contributed by atoms with van der Waals surface area (Å²) < 4.78 is 0. The van der Waals surface area contributed by atoms with E-state index in [1.54, 1.807) is 6.92 Å². The molecular formula is C10H22N4O. The van der Waals surface area contributed by atoms with Crippen molar-refractivity contribution in [3.63, 3.8) is 0 Å². The first kappa shape index (κ1) is 13.9. The summed E-state index contributed by atoms with van der Waals surface area (Å²) in [6, 6.07) is 0.377. The van der Waals surface area contributed by atoms with Crippen molar-refractivity contribution in [1.82, 2.24) is 10.8 Å². The van der Waals surface area contributed by atoms with E-state index in [0.29, 0.717) is 24.0 Å². The van der Waals surface area contributed by atoms with Crippen LogP contribution >= 0.6 is 0 Å². The first-order chi connectivity index (χ1) is 7.19. The predicted octanol–water partition coefficient (Wildman–Crippen LogP) is 0.614. The van der Waals surface area contributed by atoms with Crippen LogP contribution in [0.2, 0.25) is 0 Å². The Morgan fingerprint density at radius 3 is 2.67 bits per heavy atom. The van der Waals surface area contributed by atoms with E-state index in [4.69, 9.17) is 10.9 Å². The van der Waals surface area contributed by atoms with Gasteiger partial charge in [-0.25, -0.2) is 0 Å². The number of nitrogens with one attached hydrogen (secondary N) is 2. The molecule has 15 heavy (non-hydrogen) atoms. The molecule has 0 aromatic rings. The Hall–Kier alpha value is -1.07. The Morgan fingerprint density at radius 2 is 2.27 bits per heavy atom. The Morgan fingerprint density at radius 1 is 1.60 bits per heavy atom. The fourth-order valence-corrected chi connectivity index (χ4v) is 1.25. The molecule has 0 aliphatic carbocycles. The number of rotatable bonds is 7. The third kappa shape index (κ3) is 5.39. The summed E-state index contributed by atoms with van der Waals surface area (Å²) in [6.45, 7) is 4.64. The molecule has 5 heteroatoms. The van der Waals surface area contributed by atoms with Crippen LogP contribution in [-0.2, 0) is 0 Å². The summed E-state index contributed by atoms with van der Waals surface area (Å²) in [7, 11) is 1.93. The van der Waals surface area contributed by atoms with Crippen molar-refractivity contribution in [2.45, 2.75) is 32.7 Å². The molecule has 5 N–H and O–H groups in total. The molecule has 0 saturated carbocycles. The molecule has 0 fully saturated rings. The second kappa shape index (κ2) is 8.26. The van der Waals surface area contributed by atoms with Crippen LogP contribution in [0.25, 0.3) is 0 Å². The monoisotopic (exact) mass is 214 g/mol. The van der Waals surface area contributed by atoms with Crippen LogP contribution in [0.5, 0.6) is 0 Å². The molecule has 0 bridgehead atoms. The molecule has 0 heterocycles. The SMILES string of the molecule is CCCC(CN=C(C)/C(=C\N)NO)NC. The maximum atomic E-state index is 8.73. The second-order valence-corrected chi connectivity index (χ2v) is 3.39. The summed E-state index contributed by atoms with van der Waals surface area (Å²) >= 11 is 0. The van der Waals surface area contributed by atoms with Gasteiger partial charge >= 0.3 is 0 Å². The number of nitrogens with zero attached hydrogens (tertiary/aromatic N) is 1. The van der Waals surface area contributed by atoms with Crippen LogP contribution in [0.3, 0.4) is 0 Å². The van der Waals surface area contributed by atoms with Gasteiger partial charge in [0.05, 0.1) is 18.0 Å². The average Bonchev–Trinajstić information content (AvgIpc) is 2.25. The zero-order chi connectivity index (χ0) is 11.7. The molecule has 0 spiro atoms. The zero-order valence-electron chi connectivity index (χ0n) is 9.75. The van der Waals surface area contributed by atoms with Crippen LogP contribution in [0.4, 0.5) is 0 Å². The molecule has 88 valence electrons. The van der Waals surface area contributed by atoms with E-state index < -0.39 is 0 Å². The maximum Gasteiger partial charge on any atom is 0.0963 e. The van der Waals surface area contributed by atoms with Crippen molar-refractivity contribution in [2.24, 2.45) is 10.7 Å². The van der Waals surface area contributed by atoms with Gasteiger partial charge in [-0.1, -0.05) is 13.3 Å². The number of hydrogen-bond acceptors (Lipinski definition) is 5. The number of hydrogen-bond donors (Lipinski definition) is 4. The second-order valence-electron chi connectivity index (χ2n) is 3.39. The molecule has 0 aromatic carbocycles. The third-order valence-corrected chi connectivity index (χ3v) is 2.27. The van der Waals surface area contributed by atoms with Gasteiger partial charge in [0.1, 0.15) is 0 Å². The molecule has 0 radical (unpaired) electrons. The molecule has 0 saturated heterocycles. The van der Waals surface area contributed by atoms with E-state index in [-0.39, 0.29) is 0 Å². The first-order valence-electron chi connectivity index (χ1n) is 5.20. The largest absolute Gasteiger partial charge is 0.403 e. The number of aliphatic imine (C=N–C) groups is 1. The predicted molar refractivity (Wildman–Crippen MR) is 62.9 cm³/mol. The van der Waals surface area contributed by atoms with Gasteiger partial charge in [0.25, 0.3) is 0 Å². The van der Waals surface area contributed by atoms with E-state index in [1.165, 1.54) is 6.20 Å². The first-order valence-corrected chi connectivity index (χ1v) is 5.20. The third-order valence-electron chi connectivity index (χ3n) is 2.27. The highest BCUT2D eigenvalue weighted by atomic mass is 16.5. The van der Waals surface area contributed by atoms with E-state index in [9.17, 15) is 0 Å². The summed E-state index contributed by atoms with van der Waals surface area (Å²) in [4.78, 5) is 4.34. The highest BCUT2D eigenvalue weighted by Crippen LogP contribution is 1.98. The van der Waals surface area contributed by atoms with E-state index in [2.05, 4.69) is 17.2 Å². The maximum absolute atomic E-state index is 8.73. The molecule has 0 amide bonds. The van der Waals surface area contributed by atoms with Gasteiger partial charge in [-0.2, -0.15) is 0 Å². The molecule has 1 unspecified atom stereocenters. The summed E-state index contributed by atoms with van der Waals surface area (Å²) in [5, 5.41) is 11.9. The fraction of sp³-hybridized carbons (Fsp3) is 0.700. The van der Waals surface area contributed by atoms with Crippen molar-refractivity contribution in [3.8, 4) is 0 Å². The Balaban J connectivity index is 4.24. The van der Waals surface area contributed by atoms with Crippen LogP contribution < -0.4 is 16.5 Å². The topological polar surface area (TPSA) is 82.7 Å². The highest BCUT2D eigenvalue weighted by molar-refractivity contribution is 5.97. The molecule has 1 atom stereocenters. The lowest BCUT2D eigenvalue weighted by atomic mass is 10.2. The standard InChI is InChI=1S/C10H22N4O/c1-4-5-9(12-3)7-13-8(2)10(6-11)14-15/h6,9,12,14-15H,4-5,7,11H2,1-3H3/b10-6+,13-8?. The van der Waals surface area contributed by atoms with E-state index in [0.717, 1.165) is 12.8 Å². The Bertz CT molecular complexity index is 225. The molecule has 0 aliphatic heterocycles. The zero-order valence-corrected chi connectivity index (χ0v) is 9.75. The van der Waals surface area contributed by atoms with Crippen LogP contribution in [0, 0.1) is 0 Å². The summed E-state index contributed by atoms with van der Waals surface area (Å²) in [5.41, 5.74) is 8.46. The summed E-state index contributed by atoms with van der Waals surface area (Å²) in [5.74, 6) is 0. The van der Waals surface area contributed by atoms with Gasteiger partial charge in [-0.3, -0.25) is 15.7 Å². The normalized spacial score (nSPS) is 15.2. The molecule has 0 rings (SSSR count). The van der Waals surface area contributed by atoms with Crippen LogP contribution in [0.15, 0.2) is 16.9 Å². The number of likely N-dealkylation sites (N-methyl/N-ethyl adjacent to an activating group) is 1. The van der Waals surface area contributed by atoms with E-state index in [1.807, 2.05) is 12.5 Å². The smallest absolute Gasteiger partial charge is 0.0963 e. The Kier molecular flexibility index (Phi) is 7.67. The minimum absolute atomic E-state index is 0.377. The van der Waals surface area contributed by atoms with Gasteiger partial charge in [0.15, 0.2) is 0 Å². The van der Waals surface area contributed by atoms with Crippen molar-refractivity contribution in [2.75, 3.05) is 13.6 Å². The molecule has 0 aromatic heterocycles. The summed E-state index contributed by atoms with van der Waals surface area (Å²) in [6.07, 6.45) is 3.51. The molecular weight excluding hydrogens is 192 g/mol.